The molecule has 0 radical (unpaired) electrons. The molecule has 0 N–H and O–H groups in total. The van der Waals surface area contributed by atoms with Crippen molar-refractivity contribution in [3.8, 4) is 0 Å². The SMILES string of the molecule is CN1CCSCC1C(=O)CCCS(C)(=O)=O. The molecule has 94 valence electrons. The number of rotatable bonds is 5. The number of Topliss-reactive ketones (excluding diaryl/α,β-unsaturated/α-hetero) is 1. The Labute approximate surface area is 102 Å². The van der Waals surface area contributed by atoms with Gasteiger partial charge in [-0.2, -0.15) is 11.8 Å². The van der Waals surface area contributed by atoms with E-state index in [0.717, 1.165) is 18.1 Å². The summed E-state index contributed by atoms with van der Waals surface area (Å²) in [6, 6.07) is -0.0155. The molecule has 1 heterocycles. The van der Waals surface area contributed by atoms with Gasteiger partial charge in [0.2, 0.25) is 0 Å². The zero-order valence-electron chi connectivity index (χ0n) is 9.81. The molecule has 1 saturated heterocycles. The molecule has 6 heteroatoms. The summed E-state index contributed by atoms with van der Waals surface area (Å²) in [4.78, 5) is 13.9. The minimum Gasteiger partial charge on any atom is -0.298 e. The van der Waals surface area contributed by atoms with Crippen LogP contribution in [0.15, 0.2) is 0 Å². The van der Waals surface area contributed by atoms with Crippen LogP contribution in [0.4, 0.5) is 0 Å². The van der Waals surface area contributed by atoms with Gasteiger partial charge in [0.15, 0.2) is 5.78 Å². The first-order valence-corrected chi connectivity index (χ1v) is 8.60. The Balaban J connectivity index is 2.34. The lowest BCUT2D eigenvalue weighted by Crippen LogP contribution is -2.44. The third-order valence-corrected chi connectivity index (χ3v) is 4.76. The number of likely N-dealkylation sites (N-methyl/N-ethyl adjacent to an activating group) is 1. The zero-order valence-corrected chi connectivity index (χ0v) is 11.4. The predicted octanol–water partition coefficient (Wildman–Crippen LogP) is 0.427. The van der Waals surface area contributed by atoms with Crippen molar-refractivity contribution in [1.29, 1.82) is 0 Å². The first kappa shape index (κ1) is 14.0. The van der Waals surface area contributed by atoms with Crippen molar-refractivity contribution < 1.29 is 13.2 Å². The fourth-order valence-corrected chi connectivity index (χ4v) is 3.62. The minimum absolute atomic E-state index is 0.0155. The molecule has 1 fully saturated rings. The molecule has 16 heavy (non-hydrogen) atoms. The topological polar surface area (TPSA) is 54.5 Å². The van der Waals surface area contributed by atoms with Crippen molar-refractivity contribution in [1.82, 2.24) is 4.90 Å². The van der Waals surface area contributed by atoms with Crippen molar-refractivity contribution in [2.75, 3.05) is 37.1 Å². The summed E-state index contributed by atoms with van der Waals surface area (Å²) in [5.74, 6) is 2.21. The Morgan fingerprint density at radius 2 is 2.19 bits per heavy atom. The normalized spacial score (nSPS) is 23.2. The number of sulfone groups is 1. The quantitative estimate of drug-likeness (QED) is 0.721. The number of nitrogens with zero attached hydrogens (tertiary/aromatic N) is 1. The second-order valence-corrected chi connectivity index (χ2v) is 7.68. The number of hydrogen-bond acceptors (Lipinski definition) is 5. The molecule has 0 saturated carbocycles. The van der Waals surface area contributed by atoms with Crippen LogP contribution in [0.5, 0.6) is 0 Å². The highest BCUT2D eigenvalue weighted by Crippen LogP contribution is 2.16. The van der Waals surface area contributed by atoms with Gasteiger partial charge >= 0.3 is 0 Å². The van der Waals surface area contributed by atoms with E-state index in [-0.39, 0.29) is 17.6 Å². The number of thioether (sulfide) groups is 1. The maximum Gasteiger partial charge on any atom is 0.150 e. The second-order valence-electron chi connectivity index (χ2n) is 4.27. The predicted molar refractivity (Wildman–Crippen MR) is 67.7 cm³/mol. The van der Waals surface area contributed by atoms with Crippen LogP contribution < -0.4 is 0 Å². The van der Waals surface area contributed by atoms with Crippen molar-refractivity contribution in [3.05, 3.63) is 0 Å². The molecular formula is C10H19NO3S2. The monoisotopic (exact) mass is 265 g/mol. The summed E-state index contributed by atoms with van der Waals surface area (Å²) < 4.78 is 21.9. The Bertz CT molecular complexity index is 340. The Morgan fingerprint density at radius 3 is 2.75 bits per heavy atom. The van der Waals surface area contributed by atoms with E-state index in [2.05, 4.69) is 4.90 Å². The molecule has 0 spiro atoms. The van der Waals surface area contributed by atoms with E-state index in [0.29, 0.717) is 12.8 Å². The van der Waals surface area contributed by atoms with Crippen LogP contribution >= 0.6 is 11.8 Å². The Morgan fingerprint density at radius 1 is 1.50 bits per heavy atom. The number of ketones is 1. The summed E-state index contributed by atoms with van der Waals surface area (Å²) in [5.41, 5.74) is 0. The van der Waals surface area contributed by atoms with Crippen LogP contribution in [0.25, 0.3) is 0 Å². The van der Waals surface area contributed by atoms with Gasteiger partial charge in [0, 0.05) is 30.7 Å². The highest BCUT2D eigenvalue weighted by Gasteiger charge is 2.25. The first-order valence-electron chi connectivity index (χ1n) is 5.38. The molecule has 1 unspecified atom stereocenters. The summed E-state index contributed by atoms with van der Waals surface area (Å²) in [7, 11) is -0.978. The van der Waals surface area contributed by atoms with E-state index in [4.69, 9.17) is 0 Å². The van der Waals surface area contributed by atoms with E-state index in [9.17, 15) is 13.2 Å². The lowest BCUT2D eigenvalue weighted by Gasteiger charge is -2.30. The number of carbonyl (C=O) groups is 1. The highest BCUT2D eigenvalue weighted by atomic mass is 32.2. The molecule has 0 aliphatic carbocycles. The molecule has 0 amide bonds. The number of carbonyl (C=O) groups excluding carboxylic acids is 1. The molecule has 0 aromatic heterocycles. The van der Waals surface area contributed by atoms with Gasteiger partial charge in [-0.1, -0.05) is 0 Å². The van der Waals surface area contributed by atoms with Crippen LogP contribution in [0, 0.1) is 0 Å². The van der Waals surface area contributed by atoms with Gasteiger partial charge in [-0.3, -0.25) is 9.69 Å². The third kappa shape index (κ3) is 4.84. The summed E-state index contributed by atoms with van der Waals surface area (Å²) in [6.45, 7) is 0.938. The lowest BCUT2D eigenvalue weighted by molar-refractivity contribution is -0.123. The van der Waals surface area contributed by atoms with Crippen molar-refractivity contribution in [3.63, 3.8) is 0 Å². The molecule has 1 atom stereocenters. The van der Waals surface area contributed by atoms with Gasteiger partial charge in [-0.05, 0) is 13.5 Å². The molecule has 4 nitrogen and oxygen atoms in total. The Kier molecular flexibility index (Phi) is 5.27. The van der Waals surface area contributed by atoms with Gasteiger partial charge in [0.25, 0.3) is 0 Å². The van der Waals surface area contributed by atoms with Crippen LogP contribution in [0.3, 0.4) is 0 Å². The molecule has 0 aromatic carbocycles. The van der Waals surface area contributed by atoms with Gasteiger partial charge in [-0.15, -0.1) is 0 Å². The fraction of sp³-hybridized carbons (Fsp3) is 0.900. The van der Waals surface area contributed by atoms with Gasteiger partial charge in [-0.25, -0.2) is 8.42 Å². The zero-order chi connectivity index (χ0) is 12.2. The molecule has 0 aromatic rings. The van der Waals surface area contributed by atoms with E-state index >= 15 is 0 Å². The lowest BCUT2D eigenvalue weighted by atomic mass is 10.1. The first-order chi connectivity index (χ1) is 7.40. The largest absolute Gasteiger partial charge is 0.298 e. The molecular weight excluding hydrogens is 246 g/mol. The van der Waals surface area contributed by atoms with Crippen LogP contribution in [-0.2, 0) is 14.6 Å². The van der Waals surface area contributed by atoms with Crippen LogP contribution in [0.1, 0.15) is 12.8 Å². The third-order valence-electron chi connectivity index (χ3n) is 2.71. The van der Waals surface area contributed by atoms with Gasteiger partial charge in [0.1, 0.15) is 9.84 Å². The molecule has 1 aliphatic heterocycles. The summed E-state index contributed by atoms with van der Waals surface area (Å²) in [5, 5.41) is 0. The second kappa shape index (κ2) is 6.02. The van der Waals surface area contributed by atoms with E-state index in [1.165, 1.54) is 6.26 Å². The van der Waals surface area contributed by atoms with E-state index < -0.39 is 9.84 Å². The van der Waals surface area contributed by atoms with E-state index in [1.807, 2.05) is 7.05 Å². The fourth-order valence-electron chi connectivity index (χ4n) is 1.70. The average molecular weight is 265 g/mol. The van der Waals surface area contributed by atoms with Crippen molar-refractivity contribution in [2.45, 2.75) is 18.9 Å². The van der Waals surface area contributed by atoms with Crippen molar-refractivity contribution in [2.24, 2.45) is 0 Å². The maximum atomic E-state index is 11.8. The van der Waals surface area contributed by atoms with Gasteiger partial charge in [0.05, 0.1) is 11.8 Å². The minimum atomic E-state index is -2.94. The smallest absolute Gasteiger partial charge is 0.150 e. The van der Waals surface area contributed by atoms with Crippen LogP contribution in [0.2, 0.25) is 0 Å². The molecule has 1 aliphatic rings. The summed E-state index contributed by atoms with van der Waals surface area (Å²) in [6.07, 6.45) is 2.04. The van der Waals surface area contributed by atoms with Crippen LogP contribution in [-0.4, -0.2) is 62.2 Å². The summed E-state index contributed by atoms with van der Waals surface area (Å²) >= 11 is 1.79. The average Bonchev–Trinajstić information content (AvgIpc) is 2.16. The van der Waals surface area contributed by atoms with E-state index in [1.54, 1.807) is 11.8 Å². The molecule has 1 rings (SSSR count). The Hall–Kier alpha value is -0.0700. The molecule has 0 bridgehead atoms. The number of hydrogen-bond donors (Lipinski definition) is 0. The standard InChI is InChI=1S/C10H19NO3S2/c1-11-5-6-15-8-9(11)10(12)4-3-7-16(2,13)14/h9H,3-8H2,1-2H3. The van der Waals surface area contributed by atoms with Crippen molar-refractivity contribution >= 4 is 27.4 Å². The highest BCUT2D eigenvalue weighted by molar-refractivity contribution is 7.99. The maximum absolute atomic E-state index is 11.8. The van der Waals surface area contributed by atoms with Gasteiger partial charge < -0.3 is 0 Å².